The maximum absolute atomic E-state index is 6.14. The summed E-state index contributed by atoms with van der Waals surface area (Å²) in [6, 6.07) is 0.148. The molecule has 0 aliphatic carbocycles. The number of thiophene rings is 1. The summed E-state index contributed by atoms with van der Waals surface area (Å²) in [6.45, 7) is 0.933. The lowest BCUT2D eigenvalue weighted by Crippen LogP contribution is -2.14. The molecule has 2 N–H and O–H groups in total. The van der Waals surface area contributed by atoms with Crippen molar-refractivity contribution in [3.8, 4) is 0 Å². The number of nitrogens with two attached hydrogens (primary N) is 1. The number of hydrogen-bond acceptors (Lipinski definition) is 3. The topological polar surface area (TPSA) is 35.2 Å². The second kappa shape index (κ2) is 5.43. The lowest BCUT2D eigenvalue weighted by Gasteiger charge is -2.14. The average Bonchev–Trinajstić information content (AvgIpc) is 2.84. The van der Waals surface area contributed by atoms with Crippen LogP contribution >= 0.6 is 27.3 Å². The van der Waals surface area contributed by atoms with Crippen LogP contribution in [0.3, 0.4) is 0 Å². The van der Waals surface area contributed by atoms with Crippen LogP contribution in [0.2, 0.25) is 0 Å². The largest absolute Gasteiger partial charge is 0.378 e. The highest BCUT2D eigenvalue weighted by atomic mass is 79.9. The van der Waals surface area contributed by atoms with Gasteiger partial charge in [0.1, 0.15) is 0 Å². The standard InChI is InChI=1S/C11H16BrNOS/c12-10-7-15-6-9(10)11(13)4-3-8-2-1-5-14-8/h6-8,11H,1-5,13H2. The highest BCUT2D eigenvalue weighted by molar-refractivity contribution is 9.10. The van der Waals surface area contributed by atoms with E-state index in [1.165, 1.54) is 18.4 Å². The van der Waals surface area contributed by atoms with Gasteiger partial charge in [0.05, 0.1) is 6.10 Å². The average molecular weight is 290 g/mol. The van der Waals surface area contributed by atoms with Crippen molar-refractivity contribution in [2.45, 2.75) is 37.8 Å². The summed E-state index contributed by atoms with van der Waals surface area (Å²) in [5.74, 6) is 0. The molecule has 2 unspecified atom stereocenters. The molecule has 1 aromatic heterocycles. The Kier molecular flexibility index (Phi) is 4.20. The first kappa shape index (κ1) is 11.6. The third-order valence-electron chi connectivity index (χ3n) is 2.87. The zero-order valence-electron chi connectivity index (χ0n) is 8.62. The molecule has 2 heterocycles. The smallest absolute Gasteiger partial charge is 0.0576 e. The number of hydrogen-bond donors (Lipinski definition) is 1. The van der Waals surface area contributed by atoms with Crippen LogP contribution in [0.5, 0.6) is 0 Å². The number of rotatable bonds is 4. The Balaban J connectivity index is 1.81. The predicted molar refractivity (Wildman–Crippen MR) is 67.2 cm³/mol. The molecule has 1 aromatic rings. The van der Waals surface area contributed by atoms with E-state index >= 15 is 0 Å². The summed E-state index contributed by atoms with van der Waals surface area (Å²) >= 11 is 5.21. The summed E-state index contributed by atoms with van der Waals surface area (Å²) < 4.78 is 6.73. The molecule has 1 aliphatic rings. The highest BCUT2D eigenvalue weighted by Gasteiger charge is 2.18. The van der Waals surface area contributed by atoms with Gasteiger partial charge in [-0.3, -0.25) is 0 Å². The van der Waals surface area contributed by atoms with E-state index in [9.17, 15) is 0 Å². The Morgan fingerprint density at radius 3 is 3.07 bits per heavy atom. The minimum Gasteiger partial charge on any atom is -0.378 e. The van der Waals surface area contributed by atoms with Gasteiger partial charge in [0.25, 0.3) is 0 Å². The van der Waals surface area contributed by atoms with E-state index < -0.39 is 0 Å². The van der Waals surface area contributed by atoms with E-state index in [2.05, 4.69) is 26.7 Å². The molecule has 1 aliphatic heterocycles. The summed E-state index contributed by atoms with van der Waals surface area (Å²) in [5.41, 5.74) is 7.37. The molecule has 0 saturated carbocycles. The van der Waals surface area contributed by atoms with Gasteiger partial charge in [0.2, 0.25) is 0 Å². The van der Waals surface area contributed by atoms with Gasteiger partial charge in [-0.15, -0.1) is 0 Å². The van der Waals surface area contributed by atoms with Gasteiger partial charge in [-0.25, -0.2) is 0 Å². The fraction of sp³-hybridized carbons (Fsp3) is 0.636. The van der Waals surface area contributed by atoms with Gasteiger partial charge in [-0.05, 0) is 52.6 Å². The van der Waals surface area contributed by atoms with Crippen LogP contribution < -0.4 is 5.73 Å². The van der Waals surface area contributed by atoms with E-state index in [0.717, 1.165) is 23.9 Å². The zero-order valence-corrected chi connectivity index (χ0v) is 11.0. The monoisotopic (exact) mass is 289 g/mol. The van der Waals surface area contributed by atoms with Crippen LogP contribution in [0.1, 0.15) is 37.3 Å². The van der Waals surface area contributed by atoms with Crippen molar-refractivity contribution >= 4 is 27.3 Å². The van der Waals surface area contributed by atoms with Crippen LogP contribution in [0.15, 0.2) is 15.2 Å². The van der Waals surface area contributed by atoms with Crippen LogP contribution in [-0.2, 0) is 4.74 Å². The van der Waals surface area contributed by atoms with Crippen molar-refractivity contribution in [2.75, 3.05) is 6.61 Å². The van der Waals surface area contributed by atoms with Crippen molar-refractivity contribution in [1.82, 2.24) is 0 Å². The van der Waals surface area contributed by atoms with E-state index in [0.29, 0.717) is 6.10 Å². The van der Waals surface area contributed by atoms with Crippen molar-refractivity contribution < 1.29 is 4.74 Å². The third-order valence-corrected chi connectivity index (χ3v) is 4.62. The van der Waals surface area contributed by atoms with Gasteiger partial charge >= 0.3 is 0 Å². The molecule has 2 atom stereocenters. The summed E-state index contributed by atoms with van der Waals surface area (Å²) in [4.78, 5) is 0. The van der Waals surface area contributed by atoms with E-state index in [4.69, 9.17) is 10.5 Å². The molecule has 1 saturated heterocycles. The number of ether oxygens (including phenoxy) is 1. The molecule has 4 heteroatoms. The molecule has 15 heavy (non-hydrogen) atoms. The first-order chi connectivity index (χ1) is 7.27. The quantitative estimate of drug-likeness (QED) is 0.921. The molecule has 2 rings (SSSR count). The van der Waals surface area contributed by atoms with Crippen LogP contribution in [0.4, 0.5) is 0 Å². The Morgan fingerprint density at radius 1 is 1.60 bits per heavy atom. The normalized spacial score (nSPS) is 23.2. The van der Waals surface area contributed by atoms with Crippen LogP contribution in [0, 0.1) is 0 Å². The number of halogens is 1. The molecule has 84 valence electrons. The Labute approximate surface area is 103 Å². The van der Waals surface area contributed by atoms with Crippen molar-refractivity contribution in [3.63, 3.8) is 0 Å². The van der Waals surface area contributed by atoms with Crippen molar-refractivity contribution in [1.29, 1.82) is 0 Å². The zero-order chi connectivity index (χ0) is 10.7. The van der Waals surface area contributed by atoms with Crippen LogP contribution in [0.25, 0.3) is 0 Å². The minimum atomic E-state index is 0.148. The fourth-order valence-electron chi connectivity index (χ4n) is 1.95. The second-order valence-corrected chi connectivity index (χ2v) is 5.59. The Bertz CT molecular complexity index is 309. The molecule has 0 bridgehead atoms. The highest BCUT2D eigenvalue weighted by Crippen LogP contribution is 2.29. The van der Waals surface area contributed by atoms with Gasteiger partial charge in [0, 0.05) is 22.5 Å². The molecule has 0 spiro atoms. The maximum atomic E-state index is 6.14. The molecule has 0 radical (unpaired) electrons. The third kappa shape index (κ3) is 3.03. The maximum Gasteiger partial charge on any atom is 0.0576 e. The summed E-state index contributed by atoms with van der Waals surface area (Å²) in [5, 5.41) is 4.21. The molecule has 0 aromatic carbocycles. The van der Waals surface area contributed by atoms with Gasteiger partial charge < -0.3 is 10.5 Å². The lowest BCUT2D eigenvalue weighted by molar-refractivity contribution is 0.101. The Hall–Kier alpha value is 0.100. The lowest BCUT2D eigenvalue weighted by atomic mass is 10.0. The van der Waals surface area contributed by atoms with Crippen molar-refractivity contribution in [2.24, 2.45) is 5.73 Å². The first-order valence-electron chi connectivity index (χ1n) is 5.36. The van der Waals surface area contributed by atoms with E-state index in [1.807, 2.05) is 0 Å². The molecule has 0 amide bonds. The van der Waals surface area contributed by atoms with E-state index in [-0.39, 0.29) is 6.04 Å². The van der Waals surface area contributed by atoms with Crippen LogP contribution in [-0.4, -0.2) is 12.7 Å². The van der Waals surface area contributed by atoms with Crippen molar-refractivity contribution in [3.05, 3.63) is 20.8 Å². The predicted octanol–water partition coefficient (Wildman–Crippen LogP) is 3.47. The van der Waals surface area contributed by atoms with Gasteiger partial charge in [-0.1, -0.05) is 0 Å². The summed E-state index contributed by atoms with van der Waals surface area (Å²) in [7, 11) is 0. The second-order valence-electron chi connectivity index (χ2n) is 3.99. The fourth-order valence-corrected chi connectivity index (χ4v) is 3.60. The van der Waals surface area contributed by atoms with Gasteiger partial charge in [0.15, 0.2) is 0 Å². The van der Waals surface area contributed by atoms with E-state index in [1.54, 1.807) is 11.3 Å². The summed E-state index contributed by atoms with van der Waals surface area (Å²) in [6.07, 6.45) is 4.97. The Morgan fingerprint density at radius 2 is 2.47 bits per heavy atom. The molecular formula is C11H16BrNOS. The molecular weight excluding hydrogens is 274 g/mol. The molecule has 2 nitrogen and oxygen atoms in total. The SMILES string of the molecule is NC(CCC1CCCO1)c1cscc1Br. The minimum absolute atomic E-state index is 0.148. The first-order valence-corrected chi connectivity index (χ1v) is 7.09. The molecule has 1 fully saturated rings. The van der Waals surface area contributed by atoms with Gasteiger partial charge in [-0.2, -0.15) is 11.3 Å².